The standard InChI is InChI=1S/C26H19ClN2O4/c27-25-24-19(11-21(29-25)26(30)31)18-12-22(32-14-16-7-3-1-4-8-16)23(13-20(18)28-24)33-15-17-9-5-2-6-10-17/h1-13,28H,14-15H2,(H,30,31). The molecule has 0 atom stereocenters. The minimum absolute atomic E-state index is 0.0969. The van der Waals surface area contributed by atoms with Crippen LogP contribution < -0.4 is 9.47 Å². The van der Waals surface area contributed by atoms with E-state index in [0.717, 1.165) is 22.0 Å². The number of nitrogens with zero attached hydrogens (tertiary/aromatic N) is 1. The van der Waals surface area contributed by atoms with E-state index in [1.165, 1.54) is 6.07 Å². The molecule has 7 heteroatoms. The maximum Gasteiger partial charge on any atom is 0.354 e. The van der Waals surface area contributed by atoms with Crippen LogP contribution in [0.25, 0.3) is 21.8 Å². The summed E-state index contributed by atoms with van der Waals surface area (Å²) in [7, 11) is 0. The van der Waals surface area contributed by atoms with Crippen LogP contribution in [0.4, 0.5) is 0 Å². The van der Waals surface area contributed by atoms with Crippen molar-refractivity contribution in [2.24, 2.45) is 0 Å². The molecule has 2 heterocycles. The van der Waals surface area contributed by atoms with Gasteiger partial charge in [0, 0.05) is 16.8 Å². The van der Waals surface area contributed by atoms with Gasteiger partial charge in [-0.05, 0) is 23.3 Å². The SMILES string of the molecule is O=C(O)c1cc2c([nH]c3cc(OCc4ccccc4)c(OCc4ccccc4)cc32)c(Cl)n1. The number of fused-ring (bicyclic) bond motifs is 3. The van der Waals surface area contributed by atoms with Crippen LogP contribution in [0.1, 0.15) is 21.6 Å². The van der Waals surface area contributed by atoms with Crippen molar-refractivity contribution >= 4 is 39.4 Å². The molecule has 0 bridgehead atoms. The molecule has 2 aromatic heterocycles. The molecular weight excluding hydrogens is 440 g/mol. The van der Waals surface area contributed by atoms with Gasteiger partial charge in [0.2, 0.25) is 0 Å². The molecule has 0 aliphatic rings. The summed E-state index contributed by atoms with van der Waals surface area (Å²) in [4.78, 5) is 18.7. The molecule has 5 aromatic rings. The van der Waals surface area contributed by atoms with E-state index in [4.69, 9.17) is 21.1 Å². The molecule has 0 amide bonds. The normalized spacial score (nSPS) is 11.1. The third-order valence-corrected chi connectivity index (χ3v) is 5.58. The number of hydrogen-bond donors (Lipinski definition) is 2. The average Bonchev–Trinajstić information content (AvgIpc) is 3.20. The number of H-pyrrole nitrogens is 1. The molecule has 2 N–H and O–H groups in total. The Hall–Kier alpha value is -4.03. The Morgan fingerprint density at radius 1 is 0.848 bits per heavy atom. The van der Waals surface area contributed by atoms with Crippen LogP contribution in [0.2, 0.25) is 5.15 Å². The van der Waals surface area contributed by atoms with Crippen LogP contribution in [0.15, 0.2) is 78.9 Å². The first-order valence-electron chi connectivity index (χ1n) is 10.3. The summed E-state index contributed by atoms with van der Waals surface area (Å²) in [6, 6.07) is 24.9. The van der Waals surface area contributed by atoms with E-state index >= 15 is 0 Å². The number of ether oxygens (including phenoxy) is 2. The second-order valence-corrected chi connectivity index (χ2v) is 7.90. The lowest BCUT2D eigenvalue weighted by Crippen LogP contribution is -2.01. The van der Waals surface area contributed by atoms with Crippen molar-refractivity contribution < 1.29 is 19.4 Å². The molecule has 3 aromatic carbocycles. The fourth-order valence-electron chi connectivity index (χ4n) is 3.67. The highest BCUT2D eigenvalue weighted by Gasteiger charge is 2.17. The van der Waals surface area contributed by atoms with Crippen LogP contribution >= 0.6 is 11.6 Å². The molecule has 0 spiro atoms. The van der Waals surface area contributed by atoms with Gasteiger partial charge >= 0.3 is 5.97 Å². The number of benzene rings is 3. The van der Waals surface area contributed by atoms with Crippen molar-refractivity contribution in [3.8, 4) is 11.5 Å². The minimum atomic E-state index is -1.14. The van der Waals surface area contributed by atoms with Crippen LogP contribution in [-0.2, 0) is 13.2 Å². The number of aromatic nitrogens is 2. The molecule has 6 nitrogen and oxygen atoms in total. The number of hydrogen-bond acceptors (Lipinski definition) is 4. The second kappa shape index (κ2) is 8.84. The molecule has 0 saturated heterocycles. The van der Waals surface area contributed by atoms with Crippen LogP contribution in [-0.4, -0.2) is 21.0 Å². The summed E-state index contributed by atoms with van der Waals surface area (Å²) in [6.45, 7) is 0.735. The van der Waals surface area contributed by atoms with Crippen LogP contribution in [0.5, 0.6) is 11.5 Å². The van der Waals surface area contributed by atoms with Gasteiger partial charge in [-0.1, -0.05) is 72.3 Å². The number of aromatic amines is 1. The van der Waals surface area contributed by atoms with Gasteiger partial charge in [0.25, 0.3) is 0 Å². The number of rotatable bonds is 7. The van der Waals surface area contributed by atoms with Gasteiger partial charge in [0.15, 0.2) is 22.3 Å². The first-order valence-corrected chi connectivity index (χ1v) is 10.7. The van der Waals surface area contributed by atoms with E-state index in [1.54, 1.807) is 0 Å². The van der Waals surface area contributed by atoms with Crippen molar-refractivity contribution in [1.29, 1.82) is 0 Å². The first kappa shape index (κ1) is 20.8. The van der Waals surface area contributed by atoms with Gasteiger partial charge < -0.3 is 19.6 Å². The van der Waals surface area contributed by atoms with Crippen LogP contribution in [0, 0.1) is 0 Å². The molecule has 5 rings (SSSR count). The zero-order valence-electron chi connectivity index (χ0n) is 17.4. The molecule has 0 aliphatic carbocycles. The molecular formula is C26H19ClN2O4. The monoisotopic (exact) mass is 458 g/mol. The second-order valence-electron chi connectivity index (χ2n) is 7.54. The zero-order chi connectivity index (χ0) is 22.8. The quantitative estimate of drug-likeness (QED) is 0.282. The summed E-state index contributed by atoms with van der Waals surface area (Å²) < 4.78 is 12.3. The Morgan fingerprint density at radius 3 is 2.00 bits per heavy atom. The average molecular weight is 459 g/mol. The zero-order valence-corrected chi connectivity index (χ0v) is 18.2. The summed E-state index contributed by atoms with van der Waals surface area (Å²) in [6.07, 6.45) is 0. The number of nitrogens with one attached hydrogen (secondary N) is 1. The van der Waals surface area contributed by atoms with E-state index in [2.05, 4.69) is 9.97 Å². The Bertz CT molecular complexity index is 1450. The predicted octanol–water partition coefficient (Wildman–Crippen LogP) is 6.23. The topological polar surface area (TPSA) is 84.4 Å². The summed E-state index contributed by atoms with van der Waals surface area (Å²) >= 11 is 6.27. The summed E-state index contributed by atoms with van der Waals surface area (Å²) in [5.74, 6) is -0.0270. The van der Waals surface area contributed by atoms with Crippen molar-refractivity contribution in [1.82, 2.24) is 9.97 Å². The molecule has 0 radical (unpaired) electrons. The maximum absolute atomic E-state index is 11.5. The number of pyridine rings is 1. The van der Waals surface area contributed by atoms with E-state index in [9.17, 15) is 9.90 Å². The van der Waals surface area contributed by atoms with Crippen molar-refractivity contribution in [3.05, 3.63) is 101 Å². The Balaban J connectivity index is 1.58. The molecule has 0 saturated carbocycles. The highest BCUT2D eigenvalue weighted by atomic mass is 35.5. The van der Waals surface area contributed by atoms with Crippen LogP contribution in [0.3, 0.4) is 0 Å². The first-order chi connectivity index (χ1) is 16.1. The van der Waals surface area contributed by atoms with Crippen molar-refractivity contribution in [2.45, 2.75) is 13.2 Å². The molecule has 0 aliphatic heterocycles. The number of aromatic carboxylic acids is 1. The predicted molar refractivity (Wildman–Crippen MR) is 127 cm³/mol. The largest absolute Gasteiger partial charge is 0.485 e. The maximum atomic E-state index is 11.5. The molecule has 0 unspecified atom stereocenters. The molecule has 164 valence electrons. The molecule has 33 heavy (non-hydrogen) atoms. The molecule has 0 fully saturated rings. The van der Waals surface area contributed by atoms with Gasteiger partial charge in [-0.15, -0.1) is 0 Å². The van der Waals surface area contributed by atoms with E-state index in [0.29, 0.717) is 35.6 Å². The highest BCUT2D eigenvalue weighted by molar-refractivity contribution is 6.35. The third kappa shape index (κ3) is 4.33. The Kier molecular flexibility index (Phi) is 5.59. The van der Waals surface area contributed by atoms with E-state index < -0.39 is 5.97 Å². The van der Waals surface area contributed by atoms with E-state index in [1.807, 2.05) is 72.8 Å². The van der Waals surface area contributed by atoms with Gasteiger partial charge in [-0.3, -0.25) is 0 Å². The summed E-state index contributed by atoms with van der Waals surface area (Å²) in [5.41, 5.74) is 3.23. The minimum Gasteiger partial charge on any atom is -0.485 e. The lowest BCUT2D eigenvalue weighted by Gasteiger charge is -2.14. The third-order valence-electron chi connectivity index (χ3n) is 5.30. The Morgan fingerprint density at radius 2 is 1.42 bits per heavy atom. The highest BCUT2D eigenvalue weighted by Crippen LogP contribution is 2.38. The number of halogens is 1. The number of carboxylic acid groups (broad SMARTS) is 1. The van der Waals surface area contributed by atoms with Crippen molar-refractivity contribution in [3.63, 3.8) is 0 Å². The lowest BCUT2D eigenvalue weighted by atomic mass is 10.1. The Labute approximate surface area is 194 Å². The van der Waals surface area contributed by atoms with E-state index in [-0.39, 0.29) is 10.8 Å². The summed E-state index contributed by atoms with van der Waals surface area (Å²) in [5, 5.41) is 10.9. The van der Waals surface area contributed by atoms with Gasteiger partial charge in [0.05, 0.1) is 11.0 Å². The van der Waals surface area contributed by atoms with Gasteiger partial charge in [-0.25, -0.2) is 9.78 Å². The number of carbonyl (C=O) groups is 1. The smallest absolute Gasteiger partial charge is 0.354 e. The van der Waals surface area contributed by atoms with Gasteiger partial charge in [0.1, 0.15) is 13.2 Å². The van der Waals surface area contributed by atoms with Gasteiger partial charge in [-0.2, -0.15) is 0 Å². The lowest BCUT2D eigenvalue weighted by molar-refractivity contribution is 0.0690. The fraction of sp³-hybridized carbons (Fsp3) is 0.0769. The fourth-order valence-corrected chi connectivity index (χ4v) is 3.91. The van der Waals surface area contributed by atoms with Crippen molar-refractivity contribution in [2.75, 3.05) is 0 Å². The number of carboxylic acids is 1.